The van der Waals surface area contributed by atoms with Gasteiger partial charge in [-0.1, -0.05) is 23.2 Å². The third kappa shape index (κ3) is 2.65. The molecule has 0 saturated heterocycles. The lowest BCUT2D eigenvalue weighted by Gasteiger charge is -2.03. The van der Waals surface area contributed by atoms with Gasteiger partial charge >= 0.3 is 5.97 Å². The number of halogens is 2. The highest BCUT2D eigenvalue weighted by Crippen LogP contribution is 2.28. The lowest BCUT2D eigenvalue weighted by atomic mass is 10.2. The molecule has 0 amide bonds. The SMILES string of the molecule is O=C(O)c1cn(-c2ccc(Cl)cc2Cl)nc1-c1nccs1. The molecule has 0 fully saturated rings. The number of rotatable bonds is 3. The Morgan fingerprint density at radius 3 is 2.76 bits per heavy atom. The number of hydrogen-bond acceptors (Lipinski definition) is 4. The molecule has 2 aromatic heterocycles. The van der Waals surface area contributed by atoms with Crippen LogP contribution in [0.4, 0.5) is 0 Å². The summed E-state index contributed by atoms with van der Waals surface area (Å²) in [4.78, 5) is 15.5. The summed E-state index contributed by atoms with van der Waals surface area (Å²) in [5.74, 6) is -1.07. The Bertz CT molecular complexity index is 815. The van der Waals surface area contributed by atoms with Crippen LogP contribution in [0.25, 0.3) is 16.4 Å². The van der Waals surface area contributed by atoms with Gasteiger partial charge < -0.3 is 5.11 Å². The lowest BCUT2D eigenvalue weighted by molar-refractivity contribution is 0.0697. The van der Waals surface area contributed by atoms with Crippen LogP contribution in [0.3, 0.4) is 0 Å². The number of carbonyl (C=O) groups is 1. The zero-order chi connectivity index (χ0) is 15.0. The van der Waals surface area contributed by atoms with E-state index in [1.165, 1.54) is 22.2 Å². The first-order valence-electron chi connectivity index (χ1n) is 5.74. The van der Waals surface area contributed by atoms with Crippen LogP contribution in [0, 0.1) is 0 Å². The summed E-state index contributed by atoms with van der Waals surface area (Å²) < 4.78 is 1.42. The molecule has 3 aromatic rings. The van der Waals surface area contributed by atoms with E-state index in [1.54, 1.807) is 29.8 Å². The van der Waals surface area contributed by atoms with E-state index in [1.807, 2.05) is 0 Å². The number of aromatic nitrogens is 3. The van der Waals surface area contributed by atoms with Gasteiger partial charge in [0.2, 0.25) is 0 Å². The van der Waals surface area contributed by atoms with Crippen molar-refractivity contribution in [1.82, 2.24) is 14.8 Å². The normalized spacial score (nSPS) is 10.8. The van der Waals surface area contributed by atoms with Crippen molar-refractivity contribution >= 4 is 40.5 Å². The molecule has 21 heavy (non-hydrogen) atoms. The Hall–Kier alpha value is -1.89. The fraction of sp³-hybridized carbons (Fsp3) is 0. The minimum Gasteiger partial charge on any atom is -0.478 e. The van der Waals surface area contributed by atoms with Crippen molar-refractivity contribution in [2.75, 3.05) is 0 Å². The summed E-state index contributed by atoms with van der Waals surface area (Å²) in [7, 11) is 0. The standard InChI is InChI=1S/C13H7Cl2N3O2S/c14-7-1-2-10(9(15)5-7)18-6-8(13(19)20)11(17-18)12-16-3-4-21-12/h1-6H,(H,19,20). The van der Waals surface area contributed by atoms with Gasteiger partial charge in [-0.05, 0) is 18.2 Å². The van der Waals surface area contributed by atoms with Gasteiger partial charge in [0.05, 0.1) is 10.7 Å². The van der Waals surface area contributed by atoms with E-state index in [0.29, 0.717) is 26.4 Å². The molecule has 8 heteroatoms. The summed E-state index contributed by atoms with van der Waals surface area (Å²) in [6, 6.07) is 4.91. The van der Waals surface area contributed by atoms with Crippen LogP contribution < -0.4 is 0 Å². The third-order valence-electron chi connectivity index (χ3n) is 2.74. The fourth-order valence-electron chi connectivity index (χ4n) is 1.82. The van der Waals surface area contributed by atoms with Gasteiger partial charge in [-0.25, -0.2) is 14.5 Å². The Morgan fingerprint density at radius 2 is 2.14 bits per heavy atom. The summed E-state index contributed by atoms with van der Waals surface area (Å²) >= 11 is 13.3. The van der Waals surface area contributed by atoms with Gasteiger partial charge in [-0.2, -0.15) is 5.10 Å². The number of aromatic carboxylic acids is 1. The molecule has 5 nitrogen and oxygen atoms in total. The van der Waals surface area contributed by atoms with E-state index in [9.17, 15) is 9.90 Å². The van der Waals surface area contributed by atoms with Crippen LogP contribution >= 0.6 is 34.5 Å². The first kappa shape index (κ1) is 14.1. The van der Waals surface area contributed by atoms with Crippen molar-refractivity contribution in [3.8, 4) is 16.4 Å². The molecule has 0 radical (unpaired) electrons. The molecule has 0 aliphatic heterocycles. The van der Waals surface area contributed by atoms with E-state index >= 15 is 0 Å². The maximum Gasteiger partial charge on any atom is 0.339 e. The molecule has 1 aromatic carbocycles. The quantitative estimate of drug-likeness (QED) is 0.782. The summed E-state index contributed by atoms with van der Waals surface area (Å²) in [5.41, 5.74) is 0.922. The average Bonchev–Trinajstić information content (AvgIpc) is 3.07. The van der Waals surface area contributed by atoms with Crippen molar-refractivity contribution in [2.24, 2.45) is 0 Å². The van der Waals surface area contributed by atoms with Gasteiger partial charge in [0.15, 0.2) is 0 Å². The molecule has 1 N–H and O–H groups in total. The molecule has 0 unspecified atom stereocenters. The Kier molecular flexibility index (Phi) is 3.67. The van der Waals surface area contributed by atoms with Crippen molar-refractivity contribution in [3.63, 3.8) is 0 Å². The monoisotopic (exact) mass is 339 g/mol. The highest BCUT2D eigenvalue weighted by atomic mass is 35.5. The van der Waals surface area contributed by atoms with Gasteiger partial charge in [-0.15, -0.1) is 11.3 Å². The van der Waals surface area contributed by atoms with E-state index in [4.69, 9.17) is 23.2 Å². The molecule has 0 spiro atoms. The fourth-order valence-corrected chi connectivity index (χ4v) is 2.95. The van der Waals surface area contributed by atoms with Gasteiger partial charge in [-0.3, -0.25) is 0 Å². The van der Waals surface area contributed by atoms with Gasteiger partial charge in [0, 0.05) is 22.8 Å². The molecule has 0 atom stereocenters. The van der Waals surface area contributed by atoms with E-state index in [2.05, 4.69) is 10.1 Å². The predicted molar refractivity (Wildman–Crippen MR) is 81.7 cm³/mol. The molecule has 0 aliphatic rings. The number of nitrogens with zero attached hydrogens (tertiary/aromatic N) is 3. The second-order valence-electron chi connectivity index (χ2n) is 4.07. The Labute approximate surface area is 133 Å². The zero-order valence-corrected chi connectivity index (χ0v) is 12.7. The van der Waals surface area contributed by atoms with Gasteiger partial charge in [0.25, 0.3) is 0 Å². The first-order valence-corrected chi connectivity index (χ1v) is 7.38. The number of hydrogen-bond donors (Lipinski definition) is 1. The number of carboxylic acids is 1. The number of benzene rings is 1. The lowest BCUT2D eigenvalue weighted by Crippen LogP contribution is -1.96. The highest BCUT2D eigenvalue weighted by Gasteiger charge is 2.20. The van der Waals surface area contributed by atoms with Crippen LogP contribution in [-0.4, -0.2) is 25.8 Å². The predicted octanol–water partition coefficient (Wildman–Crippen LogP) is 4.00. The van der Waals surface area contributed by atoms with Crippen LogP contribution in [0.5, 0.6) is 0 Å². The first-order chi connectivity index (χ1) is 10.1. The maximum absolute atomic E-state index is 11.4. The molecule has 2 heterocycles. The smallest absolute Gasteiger partial charge is 0.339 e. The van der Waals surface area contributed by atoms with Crippen LogP contribution in [0.15, 0.2) is 36.0 Å². The molecule has 106 valence electrons. The molecule has 0 saturated carbocycles. The van der Waals surface area contributed by atoms with Gasteiger partial charge in [0.1, 0.15) is 16.3 Å². The number of carboxylic acid groups (broad SMARTS) is 1. The Balaban J connectivity index is 2.17. The van der Waals surface area contributed by atoms with Crippen molar-refractivity contribution < 1.29 is 9.90 Å². The van der Waals surface area contributed by atoms with E-state index in [-0.39, 0.29) is 5.56 Å². The summed E-state index contributed by atoms with van der Waals surface area (Å²) in [6.45, 7) is 0. The highest BCUT2D eigenvalue weighted by molar-refractivity contribution is 7.13. The summed E-state index contributed by atoms with van der Waals surface area (Å²) in [6.07, 6.45) is 3.01. The van der Waals surface area contributed by atoms with Crippen LogP contribution in [-0.2, 0) is 0 Å². The van der Waals surface area contributed by atoms with Crippen molar-refractivity contribution in [2.45, 2.75) is 0 Å². The minimum absolute atomic E-state index is 0.0657. The third-order valence-corrected chi connectivity index (χ3v) is 4.05. The second-order valence-corrected chi connectivity index (χ2v) is 5.81. The van der Waals surface area contributed by atoms with Crippen LogP contribution in [0.2, 0.25) is 10.0 Å². The van der Waals surface area contributed by atoms with Crippen LogP contribution in [0.1, 0.15) is 10.4 Å². The number of thiazole rings is 1. The van der Waals surface area contributed by atoms with E-state index < -0.39 is 5.97 Å². The van der Waals surface area contributed by atoms with Crippen molar-refractivity contribution in [1.29, 1.82) is 0 Å². The molecule has 0 bridgehead atoms. The maximum atomic E-state index is 11.4. The minimum atomic E-state index is -1.07. The molecule has 0 aliphatic carbocycles. The topological polar surface area (TPSA) is 68.0 Å². The average molecular weight is 340 g/mol. The molecular formula is C13H7Cl2N3O2S. The largest absolute Gasteiger partial charge is 0.478 e. The van der Waals surface area contributed by atoms with E-state index in [0.717, 1.165) is 0 Å². The second kappa shape index (κ2) is 5.48. The zero-order valence-electron chi connectivity index (χ0n) is 10.3. The Morgan fingerprint density at radius 1 is 1.33 bits per heavy atom. The molecule has 3 rings (SSSR count). The summed E-state index contributed by atoms with van der Waals surface area (Å²) in [5, 5.41) is 16.8. The van der Waals surface area contributed by atoms with Crippen molar-refractivity contribution in [3.05, 3.63) is 51.6 Å². The molecular weight excluding hydrogens is 333 g/mol.